The van der Waals surface area contributed by atoms with E-state index in [9.17, 15) is 22.4 Å². The molecule has 0 saturated carbocycles. The summed E-state index contributed by atoms with van der Waals surface area (Å²) in [5.74, 6) is -1.35. The number of halogens is 1. The molecular weight excluding hydrogens is 457 g/mol. The first-order valence-corrected chi connectivity index (χ1v) is 12.2. The number of nitrogens with zero attached hydrogens (tertiary/aromatic N) is 1. The molecule has 0 aliphatic carbocycles. The minimum atomic E-state index is -3.72. The maximum absolute atomic E-state index is 14.1. The van der Waals surface area contributed by atoms with Crippen molar-refractivity contribution in [1.29, 1.82) is 0 Å². The number of nitrogens with one attached hydrogen (secondary N) is 2. The second kappa shape index (κ2) is 10.8. The highest BCUT2D eigenvalue weighted by Gasteiger charge is 2.20. The van der Waals surface area contributed by atoms with Gasteiger partial charge in [-0.2, -0.15) is 0 Å². The van der Waals surface area contributed by atoms with E-state index in [1.54, 1.807) is 36.4 Å². The Morgan fingerprint density at radius 3 is 2.26 bits per heavy atom. The molecule has 0 heterocycles. The number of anilines is 2. The zero-order valence-corrected chi connectivity index (χ0v) is 19.3. The largest absolute Gasteiger partial charge is 0.349 e. The smallest absolute Gasteiger partial charge is 0.255 e. The molecule has 2 amide bonds. The lowest BCUT2D eigenvalue weighted by Crippen LogP contribution is -2.29. The molecule has 3 rings (SSSR count). The lowest BCUT2D eigenvalue weighted by atomic mass is 10.1. The van der Waals surface area contributed by atoms with Crippen LogP contribution in [0.5, 0.6) is 0 Å². The second-order valence-corrected chi connectivity index (χ2v) is 9.31. The molecule has 176 valence electrons. The minimum absolute atomic E-state index is 0.190. The summed E-state index contributed by atoms with van der Waals surface area (Å²) in [6.45, 7) is 3.65. The first-order valence-electron chi connectivity index (χ1n) is 10.3. The van der Waals surface area contributed by atoms with Gasteiger partial charge >= 0.3 is 0 Å². The van der Waals surface area contributed by atoms with Gasteiger partial charge in [0.1, 0.15) is 5.82 Å². The highest BCUT2D eigenvalue weighted by atomic mass is 32.2. The number of hydrogen-bond acceptors (Lipinski definition) is 4. The summed E-state index contributed by atoms with van der Waals surface area (Å²) in [5.41, 5.74) is 1.38. The van der Waals surface area contributed by atoms with Gasteiger partial charge < -0.3 is 10.6 Å². The van der Waals surface area contributed by atoms with Gasteiger partial charge in [0.2, 0.25) is 10.0 Å². The molecule has 34 heavy (non-hydrogen) atoms. The topological polar surface area (TPSA) is 95.6 Å². The van der Waals surface area contributed by atoms with E-state index in [-0.39, 0.29) is 35.8 Å². The molecule has 0 aliphatic rings. The van der Waals surface area contributed by atoms with Crippen LogP contribution >= 0.6 is 0 Å². The minimum Gasteiger partial charge on any atom is -0.349 e. The van der Waals surface area contributed by atoms with E-state index < -0.39 is 21.7 Å². The predicted octanol–water partition coefficient (Wildman–Crippen LogP) is 3.96. The fraction of sp³-hybridized carbons (Fsp3) is 0.120. The maximum Gasteiger partial charge on any atom is 0.255 e. The van der Waals surface area contributed by atoms with E-state index >= 15 is 0 Å². The predicted molar refractivity (Wildman–Crippen MR) is 131 cm³/mol. The van der Waals surface area contributed by atoms with Crippen LogP contribution in [0.25, 0.3) is 0 Å². The number of carbonyl (C=O) groups excluding carboxylic acids is 2. The Bertz CT molecular complexity index is 1310. The molecule has 7 nitrogen and oxygen atoms in total. The number of amides is 2. The van der Waals surface area contributed by atoms with Crippen LogP contribution in [0.2, 0.25) is 0 Å². The van der Waals surface area contributed by atoms with E-state index in [4.69, 9.17) is 0 Å². The van der Waals surface area contributed by atoms with E-state index in [0.717, 1.165) is 10.6 Å². The fourth-order valence-corrected chi connectivity index (χ4v) is 4.08. The standard InChI is InChI=1S/C25H24FN3O4S/c1-3-16-27-25(31)21-9-5-7-11-23(21)28-24(30)18-12-14-20(15-13-18)29(34(2,32)33)17-19-8-4-6-10-22(19)26/h3-15H,1,16-17H2,2H3,(H,27,31)(H,28,30). The summed E-state index contributed by atoms with van der Waals surface area (Å²) in [5, 5.41) is 5.37. The van der Waals surface area contributed by atoms with Crippen LogP contribution in [0.15, 0.2) is 85.5 Å². The van der Waals surface area contributed by atoms with Crippen molar-refractivity contribution in [2.24, 2.45) is 0 Å². The van der Waals surface area contributed by atoms with Crippen molar-refractivity contribution in [1.82, 2.24) is 5.32 Å². The van der Waals surface area contributed by atoms with Crippen molar-refractivity contribution in [3.8, 4) is 0 Å². The molecule has 0 unspecified atom stereocenters. The van der Waals surface area contributed by atoms with Crippen LogP contribution < -0.4 is 14.9 Å². The van der Waals surface area contributed by atoms with Crippen molar-refractivity contribution in [2.75, 3.05) is 22.4 Å². The van der Waals surface area contributed by atoms with Gasteiger partial charge in [-0.05, 0) is 42.5 Å². The lowest BCUT2D eigenvalue weighted by molar-refractivity contribution is 0.0959. The van der Waals surface area contributed by atoms with Gasteiger partial charge in [0.15, 0.2) is 0 Å². The normalized spacial score (nSPS) is 10.9. The Labute approximate surface area is 198 Å². The number of hydrogen-bond donors (Lipinski definition) is 2. The van der Waals surface area contributed by atoms with Gasteiger partial charge in [-0.3, -0.25) is 13.9 Å². The van der Waals surface area contributed by atoms with Crippen LogP contribution in [0.1, 0.15) is 26.3 Å². The van der Waals surface area contributed by atoms with Crippen LogP contribution in [-0.4, -0.2) is 33.0 Å². The Balaban J connectivity index is 1.81. The average molecular weight is 482 g/mol. The molecule has 0 aromatic heterocycles. The van der Waals surface area contributed by atoms with Crippen LogP contribution in [0.4, 0.5) is 15.8 Å². The molecule has 0 atom stereocenters. The zero-order chi connectivity index (χ0) is 24.7. The third-order valence-corrected chi connectivity index (χ3v) is 6.06. The van der Waals surface area contributed by atoms with Crippen LogP contribution in [0.3, 0.4) is 0 Å². The molecule has 0 aliphatic heterocycles. The van der Waals surface area contributed by atoms with Gasteiger partial charge in [0.25, 0.3) is 11.8 Å². The van der Waals surface area contributed by atoms with E-state index in [1.807, 2.05) is 0 Å². The van der Waals surface area contributed by atoms with Crippen molar-refractivity contribution in [3.63, 3.8) is 0 Å². The molecule has 0 saturated heterocycles. The molecule has 9 heteroatoms. The van der Waals surface area contributed by atoms with Gasteiger partial charge in [-0.25, -0.2) is 12.8 Å². The van der Waals surface area contributed by atoms with Gasteiger partial charge in [0.05, 0.1) is 29.7 Å². The average Bonchev–Trinajstić information content (AvgIpc) is 2.81. The van der Waals surface area contributed by atoms with E-state index in [0.29, 0.717) is 11.3 Å². The number of rotatable bonds is 9. The molecule has 0 bridgehead atoms. The molecule has 3 aromatic rings. The zero-order valence-electron chi connectivity index (χ0n) is 18.5. The summed E-state index contributed by atoms with van der Waals surface area (Å²) < 4.78 is 39.9. The summed E-state index contributed by atoms with van der Waals surface area (Å²) in [6, 6.07) is 18.4. The summed E-state index contributed by atoms with van der Waals surface area (Å²) >= 11 is 0. The van der Waals surface area contributed by atoms with Crippen molar-refractivity contribution < 1.29 is 22.4 Å². The Hall–Kier alpha value is -3.98. The third-order valence-electron chi connectivity index (χ3n) is 4.92. The Morgan fingerprint density at radius 1 is 0.971 bits per heavy atom. The lowest BCUT2D eigenvalue weighted by Gasteiger charge is -2.23. The molecular formula is C25H24FN3O4S. The quantitative estimate of drug-likeness (QED) is 0.452. The molecule has 0 fully saturated rings. The first kappa shape index (κ1) is 24.7. The van der Waals surface area contributed by atoms with Gasteiger partial charge in [-0.15, -0.1) is 6.58 Å². The number of sulfonamides is 1. The molecule has 0 spiro atoms. The SMILES string of the molecule is C=CCNC(=O)c1ccccc1NC(=O)c1ccc(N(Cc2ccccc2F)S(C)(=O)=O)cc1. The van der Waals surface area contributed by atoms with E-state index in [2.05, 4.69) is 17.2 Å². The summed E-state index contributed by atoms with van der Waals surface area (Å²) in [4.78, 5) is 25.1. The number of carbonyl (C=O) groups is 2. The monoisotopic (exact) mass is 481 g/mol. The number of benzene rings is 3. The van der Waals surface area contributed by atoms with Crippen LogP contribution in [0, 0.1) is 5.82 Å². The second-order valence-electron chi connectivity index (χ2n) is 7.41. The molecule has 3 aromatic carbocycles. The summed E-state index contributed by atoms with van der Waals surface area (Å²) in [6.07, 6.45) is 2.58. The number of para-hydroxylation sites is 1. The molecule has 0 radical (unpaired) electrons. The highest BCUT2D eigenvalue weighted by Crippen LogP contribution is 2.23. The Morgan fingerprint density at radius 2 is 1.62 bits per heavy atom. The van der Waals surface area contributed by atoms with Crippen molar-refractivity contribution >= 4 is 33.2 Å². The maximum atomic E-state index is 14.1. The van der Waals surface area contributed by atoms with Gasteiger partial charge in [-0.1, -0.05) is 36.4 Å². The van der Waals surface area contributed by atoms with Crippen molar-refractivity contribution in [2.45, 2.75) is 6.54 Å². The fourth-order valence-electron chi connectivity index (χ4n) is 3.21. The van der Waals surface area contributed by atoms with Gasteiger partial charge in [0, 0.05) is 17.7 Å². The first-order chi connectivity index (χ1) is 16.2. The molecule has 2 N–H and O–H groups in total. The van der Waals surface area contributed by atoms with Crippen molar-refractivity contribution in [3.05, 3.63) is 108 Å². The summed E-state index contributed by atoms with van der Waals surface area (Å²) in [7, 11) is -3.72. The highest BCUT2D eigenvalue weighted by molar-refractivity contribution is 7.92. The third kappa shape index (κ3) is 6.08. The van der Waals surface area contributed by atoms with Crippen LogP contribution in [-0.2, 0) is 16.6 Å². The Kier molecular flexibility index (Phi) is 7.80. The van der Waals surface area contributed by atoms with E-state index in [1.165, 1.54) is 42.5 Å².